The van der Waals surface area contributed by atoms with E-state index in [-0.39, 0.29) is 0 Å². The Hall–Kier alpha value is -1.36. The van der Waals surface area contributed by atoms with E-state index >= 15 is 0 Å². The Balaban J connectivity index is 1.67. The minimum atomic E-state index is 0.672. The van der Waals surface area contributed by atoms with Crippen LogP contribution in [0.4, 0.5) is 0 Å². The van der Waals surface area contributed by atoms with Crippen LogP contribution < -0.4 is 5.32 Å². The van der Waals surface area contributed by atoms with E-state index in [1.807, 2.05) is 16.9 Å². The fourth-order valence-electron chi connectivity index (χ4n) is 2.30. The number of benzene rings is 1. The van der Waals surface area contributed by atoms with E-state index in [1.165, 1.54) is 18.5 Å². The van der Waals surface area contributed by atoms with Crippen LogP contribution in [0.15, 0.2) is 30.5 Å². The number of hydrogen-bond donors (Lipinski definition) is 1. The molecule has 1 heterocycles. The third-order valence-corrected chi connectivity index (χ3v) is 4.06. The summed E-state index contributed by atoms with van der Waals surface area (Å²) < 4.78 is 6.91. The second kappa shape index (κ2) is 6.60. The molecule has 1 fully saturated rings. The predicted octanol–water partition coefficient (Wildman–Crippen LogP) is 3.14. The summed E-state index contributed by atoms with van der Waals surface area (Å²) in [4.78, 5) is 0. The molecule has 112 valence electrons. The average molecular weight is 306 g/mol. The first-order valence-electron chi connectivity index (χ1n) is 7.32. The first-order chi connectivity index (χ1) is 10.3. The van der Waals surface area contributed by atoms with E-state index < -0.39 is 0 Å². The number of ether oxygens (including phenoxy) is 1. The van der Waals surface area contributed by atoms with Gasteiger partial charge in [0, 0.05) is 37.3 Å². The van der Waals surface area contributed by atoms with Gasteiger partial charge in [-0.3, -0.25) is 0 Å². The third kappa shape index (κ3) is 3.64. The molecule has 1 N–H and O–H groups in total. The van der Waals surface area contributed by atoms with E-state index in [4.69, 9.17) is 16.3 Å². The standard InChI is InChI=1S/C16H20ClN3O/c1-21-9-7-18-11-13-4-5-14(10-15(13)17)20-8-6-16(19-20)12-2-3-12/h4-6,8,10,12,18H,2-3,7,9,11H2,1H3. The number of hydrogen-bond acceptors (Lipinski definition) is 3. The minimum Gasteiger partial charge on any atom is -0.383 e. The van der Waals surface area contributed by atoms with Crippen molar-refractivity contribution in [1.82, 2.24) is 15.1 Å². The Kier molecular flexibility index (Phi) is 4.58. The van der Waals surface area contributed by atoms with Crippen LogP contribution in [-0.2, 0) is 11.3 Å². The van der Waals surface area contributed by atoms with Gasteiger partial charge in [-0.1, -0.05) is 17.7 Å². The van der Waals surface area contributed by atoms with Crippen molar-refractivity contribution in [2.75, 3.05) is 20.3 Å². The van der Waals surface area contributed by atoms with E-state index in [2.05, 4.69) is 28.6 Å². The van der Waals surface area contributed by atoms with Crippen molar-refractivity contribution >= 4 is 11.6 Å². The fourth-order valence-corrected chi connectivity index (χ4v) is 2.54. The van der Waals surface area contributed by atoms with Gasteiger partial charge in [-0.05, 0) is 36.6 Å². The summed E-state index contributed by atoms with van der Waals surface area (Å²) in [6.45, 7) is 2.26. The lowest BCUT2D eigenvalue weighted by molar-refractivity contribution is 0.199. The fraction of sp³-hybridized carbons (Fsp3) is 0.438. The highest BCUT2D eigenvalue weighted by molar-refractivity contribution is 6.31. The van der Waals surface area contributed by atoms with Gasteiger partial charge in [0.2, 0.25) is 0 Å². The van der Waals surface area contributed by atoms with Gasteiger partial charge in [0.1, 0.15) is 0 Å². The van der Waals surface area contributed by atoms with Crippen LogP contribution in [0.5, 0.6) is 0 Å². The molecule has 1 aromatic carbocycles. The lowest BCUT2D eigenvalue weighted by Gasteiger charge is -2.08. The van der Waals surface area contributed by atoms with Gasteiger partial charge in [0.15, 0.2) is 0 Å². The summed E-state index contributed by atoms with van der Waals surface area (Å²) in [7, 11) is 1.70. The smallest absolute Gasteiger partial charge is 0.0660 e. The Labute approximate surface area is 130 Å². The Morgan fingerprint density at radius 3 is 2.95 bits per heavy atom. The molecule has 0 atom stereocenters. The van der Waals surface area contributed by atoms with Gasteiger partial charge in [-0.15, -0.1) is 0 Å². The highest BCUT2D eigenvalue weighted by Gasteiger charge is 2.25. The molecule has 3 rings (SSSR count). The molecular weight excluding hydrogens is 286 g/mol. The van der Waals surface area contributed by atoms with Gasteiger partial charge < -0.3 is 10.1 Å². The summed E-state index contributed by atoms with van der Waals surface area (Å²) in [5.41, 5.74) is 3.29. The molecule has 0 amide bonds. The normalized spacial score (nSPS) is 14.6. The third-order valence-electron chi connectivity index (χ3n) is 3.70. The molecule has 1 aromatic heterocycles. The maximum Gasteiger partial charge on any atom is 0.0660 e. The number of nitrogens with zero attached hydrogens (tertiary/aromatic N) is 2. The number of aromatic nitrogens is 2. The molecule has 4 nitrogen and oxygen atoms in total. The molecule has 1 aliphatic carbocycles. The lowest BCUT2D eigenvalue weighted by Crippen LogP contribution is -2.18. The van der Waals surface area contributed by atoms with Crippen molar-refractivity contribution < 1.29 is 4.74 Å². The quantitative estimate of drug-likeness (QED) is 0.799. The topological polar surface area (TPSA) is 39.1 Å². The monoisotopic (exact) mass is 305 g/mol. The van der Waals surface area contributed by atoms with Gasteiger partial charge >= 0.3 is 0 Å². The summed E-state index contributed by atoms with van der Waals surface area (Å²) in [5.74, 6) is 0.672. The first kappa shape index (κ1) is 14.6. The minimum absolute atomic E-state index is 0.672. The van der Waals surface area contributed by atoms with Crippen LogP contribution >= 0.6 is 11.6 Å². The molecule has 1 aliphatic rings. The number of halogens is 1. The number of rotatable bonds is 7. The zero-order chi connectivity index (χ0) is 14.7. The number of methoxy groups -OCH3 is 1. The first-order valence-corrected chi connectivity index (χ1v) is 7.70. The Morgan fingerprint density at radius 1 is 1.38 bits per heavy atom. The maximum absolute atomic E-state index is 6.36. The largest absolute Gasteiger partial charge is 0.383 e. The molecule has 2 aromatic rings. The zero-order valence-corrected chi connectivity index (χ0v) is 12.9. The van der Waals surface area contributed by atoms with Crippen molar-refractivity contribution in [2.45, 2.75) is 25.3 Å². The van der Waals surface area contributed by atoms with E-state index in [9.17, 15) is 0 Å². The molecule has 0 aliphatic heterocycles. The molecule has 1 saturated carbocycles. The van der Waals surface area contributed by atoms with Crippen LogP contribution in [-0.4, -0.2) is 30.0 Å². The van der Waals surface area contributed by atoms with E-state index in [0.717, 1.165) is 29.4 Å². The van der Waals surface area contributed by atoms with Crippen LogP contribution in [0.1, 0.15) is 30.0 Å². The number of nitrogens with one attached hydrogen (secondary N) is 1. The molecule has 0 radical (unpaired) electrons. The highest BCUT2D eigenvalue weighted by atomic mass is 35.5. The van der Waals surface area contributed by atoms with Gasteiger partial charge in [-0.2, -0.15) is 5.10 Å². The highest BCUT2D eigenvalue weighted by Crippen LogP contribution is 2.39. The summed E-state index contributed by atoms with van der Waals surface area (Å²) in [6.07, 6.45) is 4.55. The van der Waals surface area contributed by atoms with Crippen LogP contribution in [0.3, 0.4) is 0 Å². The SMILES string of the molecule is COCCNCc1ccc(-n2ccc(C3CC3)n2)cc1Cl. The van der Waals surface area contributed by atoms with Gasteiger partial charge in [0.25, 0.3) is 0 Å². The lowest BCUT2D eigenvalue weighted by atomic mass is 10.2. The molecular formula is C16H20ClN3O. The van der Waals surface area contributed by atoms with Crippen LogP contribution in [0, 0.1) is 0 Å². The Bertz CT molecular complexity index is 607. The van der Waals surface area contributed by atoms with Crippen molar-refractivity contribution in [3.8, 4) is 5.69 Å². The van der Waals surface area contributed by atoms with Gasteiger partial charge in [-0.25, -0.2) is 4.68 Å². The van der Waals surface area contributed by atoms with Crippen LogP contribution in [0.25, 0.3) is 5.69 Å². The molecule has 5 heteroatoms. The van der Waals surface area contributed by atoms with E-state index in [0.29, 0.717) is 12.5 Å². The van der Waals surface area contributed by atoms with E-state index in [1.54, 1.807) is 7.11 Å². The predicted molar refractivity (Wildman–Crippen MR) is 84.1 cm³/mol. The van der Waals surface area contributed by atoms with Crippen molar-refractivity contribution in [2.24, 2.45) is 0 Å². The van der Waals surface area contributed by atoms with Crippen molar-refractivity contribution in [3.63, 3.8) is 0 Å². The van der Waals surface area contributed by atoms with Gasteiger partial charge in [0.05, 0.1) is 18.0 Å². The molecule has 0 spiro atoms. The summed E-state index contributed by atoms with van der Waals surface area (Å²) >= 11 is 6.36. The summed E-state index contributed by atoms with van der Waals surface area (Å²) in [5, 5.41) is 8.69. The van der Waals surface area contributed by atoms with Crippen LogP contribution in [0.2, 0.25) is 5.02 Å². The molecule has 0 saturated heterocycles. The molecule has 0 unspecified atom stereocenters. The van der Waals surface area contributed by atoms with Crippen molar-refractivity contribution in [3.05, 3.63) is 46.7 Å². The maximum atomic E-state index is 6.36. The summed E-state index contributed by atoms with van der Waals surface area (Å²) in [6, 6.07) is 8.18. The molecule has 0 bridgehead atoms. The zero-order valence-electron chi connectivity index (χ0n) is 12.2. The second-order valence-electron chi connectivity index (χ2n) is 5.40. The Morgan fingerprint density at radius 2 is 2.24 bits per heavy atom. The van der Waals surface area contributed by atoms with Crippen molar-refractivity contribution in [1.29, 1.82) is 0 Å². The second-order valence-corrected chi connectivity index (χ2v) is 5.81. The molecule has 21 heavy (non-hydrogen) atoms. The average Bonchev–Trinajstić information content (AvgIpc) is 3.22.